The molecule has 1 aromatic heterocycles. The summed E-state index contributed by atoms with van der Waals surface area (Å²) in [7, 11) is 0. The Morgan fingerprint density at radius 2 is 2.12 bits per heavy atom. The Balaban J connectivity index is 2.25. The molecule has 3 nitrogen and oxygen atoms in total. The minimum atomic E-state index is -4.36. The molecule has 1 aromatic rings. The van der Waals surface area contributed by atoms with E-state index in [4.69, 9.17) is 5.73 Å². The molecular formula is C10H14F3N3. The van der Waals surface area contributed by atoms with Crippen LogP contribution in [0.15, 0.2) is 6.07 Å². The third-order valence-corrected chi connectivity index (χ3v) is 3.00. The second-order valence-electron chi connectivity index (χ2n) is 4.34. The van der Waals surface area contributed by atoms with Crippen molar-refractivity contribution >= 4 is 0 Å². The largest absolute Gasteiger partial charge is 0.435 e. The van der Waals surface area contributed by atoms with Gasteiger partial charge in [0.1, 0.15) is 0 Å². The first-order chi connectivity index (χ1) is 7.38. The molecule has 1 heterocycles. The highest BCUT2D eigenvalue weighted by molar-refractivity contribution is 5.13. The van der Waals surface area contributed by atoms with Crippen LogP contribution in [-0.4, -0.2) is 15.8 Å². The molecule has 0 bridgehead atoms. The monoisotopic (exact) mass is 233 g/mol. The first-order valence-electron chi connectivity index (χ1n) is 5.27. The lowest BCUT2D eigenvalue weighted by molar-refractivity contribution is -0.141. The molecule has 0 aliphatic heterocycles. The Morgan fingerprint density at radius 1 is 1.44 bits per heavy atom. The van der Waals surface area contributed by atoms with Gasteiger partial charge >= 0.3 is 6.18 Å². The minimum absolute atomic E-state index is 0.0195. The van der Waals surface area contributed by atoms with E-state index in [0.717, 1.165) is 18.9 Å². The number of aryl methyl sites for hydroxylation is 1. The van der Waals surface area contributed by atoms with Crippen molar-refractivity contribution in [1.29, 1.82) is 0 Å². The second-order valence-corrected chi connectivity index (χ2v) is 4.34. The van der Waals surface area contributed by atoms with Gasteiger partial charge in [0.05, 0.1) is 6.04 Å². The van der Waals surface area contributed by atoms with Gasteiger partial charge in [-0.25, -0.2) is 0 Å². The smallest absolute Gasteiger partial charge is 0.328 e. The summed E-state index contributed by atoms with van der Waals surface area (Å²) in [6, 6.07) is 1.19. The summed E-state index contributed by atoms with van der Waals surface area (Å²) < 4.78 is 38.8. The molecule has 0 spiro atoms. The maximum absolute atomic E-state index is 12.4. The predicted molar refractivity (Wildman–Crippen MR) is 52.8 cm³/mol. The predicted octanol–water partition coefficient (Wildman–Crippen LogP) is 2.26. The molecule has 1 aliphatic carbocycles. The molecule has 1 saturated carbocycles. The minimum Gasteiger partial charge on any atom is -0.328 e. The molecule has 1 fully saturated rings. The molecule has 2 rings (SSSR count). The van der Waals surface area contributed by atoms with Crippen molar-refractivity contribution in [1.82, 2.24) is 9.78 Å². The Kier molecular flexibility index (Phi) is 2.69. The number of hydrogen-bond donors (Lipinski definition) is 1. The van der Waals surface area contributed by atoms with E-state index in [1.165, 1.54) is 4.68 Å². The van der Waals surface area contributed by atoms with Gasteiger partial charge in [0.25, 0.3) is 0 Å². The number of aromatic nitrogens is 2. The van der Waals surface area contributed by atoms with E-state index in [1.54, 1.807) is 6.92 Å². The molecule has 0 aromatic carbocycles. The number of alkyl halides is 3. The summed E-state index contributed by atoms with van der Waals surface area (Å²) >= 11 is 0. The fraction of sp³-hybridized carbons (Fsp3) is 0.700. The number of nitrogens with two attached hydrogens (primary N) is 1. The van der Waals surface area contributed by atoms with Crippen LogP contribution in [0.5, 0.6) is 0 Å². The van der Waals surface area contributed by atoms with Crippen molar-refractivity contribution in [3.05, 3.63) is 17.5 Å². The molecule has 16 heavy (non-hydrogen) atoms. The maximum Gasteiger partial charge on any atom is 0.435 e. The van der Waals surface area contributed by atoms with E-state index in [0.29, 0.717) is 12.1 Å². The zero-order valence-electron chi connectivity index (χ0n) is 8.96. The molecule has 1 aliphatic rings. The van der Waals surface area contributed by atoms with Crippen LogP contribution in [0.2, 0.25) is 0 Å². The average molecular weight is 233 g/mol. The van der Waals surface area contributed by atoms with Crippen molar-refractivity contribution in [3.63, 3.8) is 0 Å². The van der Waals surface area contributed by atoms with Gasteiger partial charge in [0.2, 0.25) is 0 Å². The fourth-order valence-corrected chi connectivity index (χ4v) is 2.21. The SMILES string of the molecule is Cc1cc(C(F)(F)F)nn1C1CCC(N)C1. The normalized spacial score (nSPS) is 26.3. The molecule has 2 N–H and O–H groups in total. The first kappa shape index (κ1) is 11.4. The van der Waals surface area contributed by atoms with Crippen LogP contribution >= 0.6 is 0 Å². The molecule has 6 heteroatoms. The van der Waals surface area contributed by atoms with Gasteiger partial charge in [-0.2, -0.15) is 18.3 Å². The van der Waals surface area contributed by atoms with Crippen molar-refractivity contribution in [2.45, 2.75) is 44.4 Å². The Morgan fingerprint density at radius 3 is 2.56 bits per heavy atom. The lowest BCUT2D eigenvalue weighted by Gasteiger charge is -2.12. The van der Waals surface area contributed by atoms with Crippen molar-refractivity contribution in [2.75, 3.05) is 0 Å². The quantitative estimate of drug-likeness (QED) is 0.808. The van der Waals surface area contributed by atoms with Crippen molar-refractivity contribution < 1.29 is 13.2 Å². The molecule has 90 valence electrons. The summed E-state index contributed by atoms with van der Waals surface area (Å²) in [5.41, 5.74) is 5.48. The van der Waals surface area contributed by atoms with E-state index in [2.05, 4.69) is 5.10 Å². The second kappa shape index (κ2) is 3.76. The van der Waals surface area contributed by atoms with Crippen LogP contribution in [0.25, 0.3) is 0 Å². The Hall–Kier alpha value is -1.04. The van der Waals surface area contributed by atoms with Crippen molar-refractivity contribution in [2.24, 2.45) is 5.73 Å². The average Bonchev–Trinajstić information content (AvgIpc) is 2.70. The van der Waals surface area contributed by atoms with Gasteiger partial charge in [-0.3, -0.25) is 4.68 Å². The van der Waals surface area contributed by atoms with Gasteiger partial charge < -0.3 is 5.73 Å². The highest BCUT2D eigenvalue weighted by Gasteiger charge is 2.35. The lowest BCUT2D eigenvalue weighted by Crippen LogP contribution is -2.17. The summed E-state index contributed by atoms with van der Waals surface area (Å²) in [5.74, 6) is 0. The summed E-state index contributed by atoms with van der Waals surface area (Å²) in [4.78, 5) is 0. The number of hydrogen-bond acceptors (Lipinski definition) is 2. The molecule has 0 amide bonds. The van der Waals surface area contributed by atoms with Gasteiger partial charge in [0.15, 0.2) is 5.69 Å². The fourth-order valence-electron chi connectivity index (χ4n) is 2.21. The van der Waals surface area contributed by atoms with E-state index in [1.807, 2.05) is 0 Å². The van der Waals surface area contributed by atoms with Crippen LogP contribution in [0, 0.1) is 6.92 Å². The van der Waals surface area contributed by atoms with E-state index in [9.17, 15) is 13.2 Å². The van der Waals surface area contributed by atoms with Crippen LogP contribution < -0.4 is 5.73 Å². The van der Waals surface area contributed by atoms with Crippen molar-refractivity contribution in [3.8, 4) is 0 Å². The highest BCUT2D eigenvalue weighted by atomic mass is 19.4. The molecule has 2 unspecified atom stereocenters. The molecular weight excluding hydrogens is 219 g/mol. The third kappa shape index (κ3) is 2.07. The number of rotatable bonds is 1. The zero-order chi connectivity index (χ0) is 11.9. The summed E-state index contributed by atoms with van der Waals surface area (Å²) in [6.45, 7) is 1.64. The molecule has 0 saturated heterocycles. The highest BCUT2D eigenvalue weighted by Crippen LogP contribution is 2.33. The van der Waals surface area contributed by atoms with Gasteiger partial charge in [-0.05, 0) is 32.3 Å². The van der Waals surface area contributed by atoms with E-state index in [-0.39, 0.29) is 12.1 Å². The van der Waals surface area contributed by atoms with Gasteiger partial charge in [0, 0.05) is 11.7 Å². The number of halogens is 3. The van der Waals surface area contributed by atoms with E-state index < -0.39 is 11.9 Å². The molecule has 2 atom stereocenters. The summed E-state index contributed by atoms with van der Waals surface area (Å²) in [5, 5.41) is 3.63. The molecule has 0 radical (unpaired) electrons. The van der Waals surface area contributed by atoms with Crippen LogP contribution in [0.4, 0.5) is 13.2 Å². The third-order valence-electron chi connectivity index (χ3n) is 3.00. The van der Waals surface area contributed by atoms with Crippen LogP contribution in [0.1, 0.15) is 36.7 Å². The van der Waals surface area contributed by atoms with Crippen LogP contribution in [0.3, 0.4) is 0 Å². The summed E-state index contributed by atoms with van der Waals surface area (Å²) in [6.07, 6.45) is -2.00. The Bertz CT molecular complexity index is 383. The maximum atomic E-state index is 12.4. The first-order valence-corrected chi connectivity index (χ1v) is 5.27. The van der Waals surface area contributed by atoms with Gasteiger partial charge in [-0.1, -0.05) is 0 Å². The Labute approximate surface area is 91.4 Å². The zero-order valence-corrected chi connectivity index (χ0v) is 8.96. The van der Waals surface area contributed by atoms with Crippen LogP contribution in [-0.2, 0) is 6.18 Å². The van der Waals surface area contributed by atoms with E-state index >= 15 is 0 Å². The lowest BCUT2D eigenvalue weighted by atomic mass is 10.2. The standard InChI is InChI=1S/C10H14F3N3/c1-6-4-9(10(11,12)13)15-16(6)8-3-2-7(14)5-8/h4,7-8H,2-3,5,14H2,1H3. The topological polar surface area (TPSA) is 43.8 Å². The van der Waals surface area contributed by atoms with Gasteiger partial charge in [-0.15, -0.1) is 0 Å². The number of nitrogens with zero attached hydrogens (tertiary/aromatic N) is 2.